The number of aromatic nitrogens is 5. The number of hydrogen-bond donors (Lipinski definition) is 3. The van der Waals surface area contributed by atoms with Gasteiger partial charge in [-0.15, -0.1) is 0 Å². The smallest absolute Gasteiger partial charge is 0.342 e. The number of fused-ring (bicyclic) bond motifs is 1. The highest BCUT2D eigenvalue weighted by atomic mass is 16.2. The van der Waals surface area contributed by atoms with E-state index in [2.05, 4.69) is 25.5 Å². The first-order valence-corrected chi connectivity index (χ1v) is 8.03. The Labute approximate surface area is 147 Å². The molecule has 3 heterocycles. The maximum atomic E-state index is 12.6. The summed E-state index contributed by atoms with van der Waals surface area (Å²) in [4.78, 5) is 32.0. The molecule has 3 N–H and O–H groups in total. The van der Waals surface area contributed by atoms with Crippen molar-refractivity contribution in [3.63, 3.8) is 0 Å². The summed E-state index contributed by atoms with van der Waals surface area (Å²) in [6, 6.07) is 10.6. The molecule has 1 amide bonds. The van der Waals surface area contributed by atoms with E-state index in [0.29, 0.717) is 11.3 Å². The molecule has 0 saturated carbocycles. The van der Waals surface area contributed by atoms with Crippen LogP contribution in [0.5, 0.6) is 0 Å². The number of aromatic amines is 2. The largest absolute Gasteiger partial charge is 0.347 e. The molecule has 0 atom stereocenters. The Morgan fingerprint density at radius 3 is 2.81 bits per heavy atom. The van der Waals surface area contributed by atoms with Crippen LogP contribution in [0.15, 0.2) is 47.4 Å². The van der Waals surface area contributed by atoms with Gasteiger partial charge in [0.05, 0.1) is 11.3 Å². The van der Waals surface area contributed by atoms with Gasteiger partial charge in [-0.2, -0.15) is 5.10 Å². The fraction of sp³-hybridized carbons (Fsp3) is 0.111. The van der Waals surface area contributed by atoms with Crippen LogP contribution in [-0.2, 0) is 0 Å². The van der Waals surface area contributed by atoms with Gasteiger partial charge >= 0.3 is 5.69 Å². The van der Waals surface area contributed by atoms with Gasteiger partial charge in [0.1, 0.15) is 5.82 Å². The van der Waals surface area contributed by atoms with Crippen molar-refractivity contribution in [3.8, 4) is 11.4 Å². The van der Waals surface area contributed by atoms with Crippen molar-refractivity contribution in [2.45, 2.75) is 13.8 Å². The van der Waals surface area contributed by atoms with Crippen molar-refractivity contribution >= 4 is 17.2 Å². The number of nitrogens with one attached hydrogen (secondary N) is 3. The average Bonchev–Trinajstić information content (AvgIpc) is 3.18. The van der Waals surface area contributed by atoms with E-state index in [1.54, 1.807) is 24.4 Å². The topological polar surface area (TPSA) is 108 Å². The van der Waals surface area contributed by atoms with Crippen LogP contribution in [0, 0.1) is 13.8 Å². The molecule has 0 fully saturated rings. The van der Waals surface area contributed by atoms with E-state index < -0.39 is 0 Å². The van der Waals surface area contributed by atoms with E-state index in [1.807, 2.05) is 32.0 Å². The van der Waals surface area contributed by atoms with Gasteiger partial charge in [-0.3, -0.25) is 4.79 Å². The van der Waals surface area contributed by atoms with Crippen molar-refractivity contribution in [2.75, 3.05) is 5.32 Å². The Morgan fingerprint density at radius 2 is 2.04 bits per heavy atom. The molecule has 3 aromatic heterocycles. The molecular weight excluding hydrogens is 332 g/mol. The third-order valence-corrected chi connectivity index (χ3v) is 4.21. The number of H-pyrrole nitrogens is 2. The van der Waals surface area contributed by atoms with Crippen LogP contribution in [-0.4, -0.2) is 30.5 Å². The van der Waals surface area contributed by atoms with E-state index in [9.17, 15) is 9.59 Å². The lowest BCUT2D eigenvalue weighted by Gasteiger charge is -2.07. The zero-order valence-corrected chi connectivity index (χ0v) is 14.2. The Kier molecular flexibility index (Phi) is 3.65. The van der Waals surface area contributed by atoms with Crippen LogP contribution in [0.25, 0.3) is 17.0 Å². The van der Waals surface area contributed by atoms with Gasteiger partial charge in [-0.25, -0.2) is 19.3 Å². The lowest BCUT2D eigenvalue weighted by Crippen LogP contribution is -2.15. The van der Waals surface area contributed by atoms with Gasteiger partial charge in [0.15, 0.2) is 5.65 Å². The summed E-state index contributed by atoms with van der Waals surface area (Å²) in [7, 11) is 0. The van der Waals surface area contributed by atoms with Crippen LogP contribution in [0.3, 0.4) is 0 Å². The summed E-state index contributed by atoms with van der Waals surface area (Å²) < 4.78 is 1.29. The van der Waals surface area contributed by atoms with E-state index in [-0.39, 0.29) is 17.2 Å². The zero-order chi connectivity index (χ0) is 18.3. The minimum Gasteiger partial charge on any atom is -0.342 e. The Balaban J connectivity index is 1.65. The van der Waals surface area contributed by atoms with Crippen LogP contribution in [0.2, 0.25) is 0 Å². The van der Waals surface area contributed by atoms with Crippen LogP contribution >= 0.6 is 0 Å². The van der Waals surface area contributed by atoms with Gasteiger partial charge in [0.2, 0.25) is 0 Å². The standard InChI is InChI=1S/C18H16N6O2/c1-10-11(2)20-15(19-10)12-5-3-6-13(9-12)21-17(25)14-7-4-8-24-16(14)22-23-18(24)26/h3-9H,1-2H3,(H,19,20)(H,21,25)(H,23,26). The van der Waals surface area contributed by atoms with Crippen molar-refractivity contribution in [2.24, 2.45) is 0 Å². The third-order valence-electron chi connectivity index (χ3n) is 4.21. The second-order valence-electron chi connectivity index (χ2n) is 5.97. The van der Waals surface area contributed by atoms with Gasteiger partial charge in [0, 0.05) is 23.1 Å². The first-order valence-electron chi connectivity index (χ1n) is 8.03. The molecule has 26 heavy (non-hydrogen) atoms. The van der Waals surface area contributed by atoms with Gasteiger partial charge in [-0.05, 0) is 38.1 Å². The monoisotopic (exact) mass is 348 g/mol. The maximum Gasteiger partial charge on any atom is 0.347 e. The minimum absolute atomic E-state index is 0.281. The molecule has 0 aliphatic heterocycles. The normalized spacial score (nSPS) is 11.0. The number of rotatable bonds is 3. The third kappa shape index (κ3) is 2.67. The first-order chi connectivity index (χ1) is 12.5. The summed E-state index contributed by atoms with van der Waals surface area (Å²) >= 11 is 0. The zero-order valence-electron chi connectivity index (χ0n) is 14.2. The number of pyridine rings is 1. The molecule has 4 rings (SSSR count). The number of amides is 1. The van der Waals surface area contributed by atoms with Crippen LogP contribution in [0.1, 0.15) is 21.7 Å². The molecule has 0 radical (unpaired) electrons. The maximum absolute atomic E-state index is 12.6. The predicted octanol–water partition coefficient (Wildman–Crippen LogP) is 2.28. The predicted molar refractivity (Wildman–Crippen MR) is 97.3 cm³/mol. The number of carbonyl (C=O) groups is 1. The summed E-state index contributed by atoms with van der Waals surface area (Å²) in [5.41, 5.74) is 3.63. The molecule has 1 aromatic carbocycles. The highest BCUT2D eigenvalue weighted by Crippen LogP contribution is 2.22. The molecule has 130 valence electrons. The SMILES string of the molecule is Cc1nc(-c2cccc(NC(=O)c3cccn4c(=O)[nH]nc34)c2)[nH]c1C. The number of nitrogens with zero attached hydrogens (tertiary/aromatic N) is 3. The molecule has 0 aliphatic carbocycles. The number of hydrogen-bond acceptors (Lipinski definition) is 4. The molecule has 8 heteroatoms. The van der Waals surface area contributed by atoms with Crippen molar-refractivity contribution in [1.82, 2.24) is 24.6 Å². The van der Waals surface area contributed by atoms with Crippen LogP contribution in [0.4, 0.5) is 5.69 Å². The fourth-order valence-corrected chi connectivity index (χ4v) is 2.74. The lowest BCUT2D eigenvalue weighted by atomic mass is 10.1. The summed E-state index contributed by atoms with van der Waals surface area (Å²) in [6.07, 6.45) is 1.56. The highest BCUT2D eigenvalue weighted by Gasteiger charge is 2.14. The highest BCUT2D eigenvalue weighted by molar-refractivity contribution is 6.08. The summed E-state index contributed by atoms with van der Waals surface area (Å²) in [5.74, 6) is 0.399. The second kappa shape index (κ2) is 5.99. The number of benzene rings is 1. The first kappa shape index (κ1) is 15.8. The number of anilines is 1. The molecule has 4 aromatic rings. The molecule has 0 unspecified atom stereocenters. The van der Waals surface area contributed by atoms with E-state index in [0.717, 1.165) is 22.8 Å². The van der Waals surface area contributed by atoms with E-state index in [1.165, 1.54) is 4.40 Å². The second-order valence-corrected chi connectivity index (χ2v) is 5.97. The van der Waals surface area contributed by atoms with Crippen LogP contribution < -0.4 is 11.0 Å². The number of imidazole rings is 1. The Bertz CT molecular complexity index is 1160. The number of aryl methyl sites for hydroxylation is 2. The van der Waals surface area contributed by atoms with E-state index >= 15 is 0 Å². The van der Waals surface area contributed by atoms with E-state index in [4.69, 9.17) is 0 Å². The summed E-state index contributed by atoms with van der Waals surface area (Å²) in [5, 5.41) is 9.09. The molecule has 8 nitrogen and oxygen atoms in total. The molecule has 0 saturated heterocycles. The molecular formula is C18H16N6O2. The van der Waals surface area contributed by atoms with Crippen molar-refractivity contribution < 1.29 is 4.79 Å². The van der Waals surface area contributed by atoms with Gasteiger partial charge in [-0.1, -0.05) is 12.1 Å². The Hall–Kier alpha value is -3.68. The minimum atomic E-state index is -0.389. The van der Waals surface area contributed by atoms with Gasteiger partial charge in [0.25, 0.3) is 5.91 Å². The lowest BCUT2D eigenvalue weighted by molar-refractivity contribution is 0.102. The molecule has 0 spiro atoms. The quantitative estimate of drug-likeness (QED) is 0.528. The van der Waals surface area contributed by atoms with Gasteiger partial charge < -0.3 is 10.3 Å². The summed E-state index contributed by atoms with van der Waals surface area (Å²) in [6.45, 7) is 3.90. The Morgan fingerprint density at radius 1 is 1.19 bits per heavy atom. The van der Waals surface area contributed by atoms with Crippen molar-refractivity contribution in [1.29, 1.82) is 0 Å². The molecule has 0 bridgehead atoms. The fourth-order valence-electron chi connectivity index (χ4n) is 2.74. The van der Waals surface area contributed by atoms with Crippen molar-refractivity contribution in [3.05, 3.63) is 70.0 Å². The molecule has 0 aliphatic rings. The number of carbonyl (C=O) groups excluding carboxylic acids is 1. The average molecular weight is 348 g/mol.